The Kier molecular flexibility index (Phi) is 4.68. The van der Waals surface area contributed by atoms with Gasteiger partial charge in [0.2, 0.25) is 16.2 Å². The van der Waals surface area contributed by atoms with E-state index in [9.17, 15) is 4.79 Å². The summed E-state index contributed by atoms with van der Waals surface area (Å²) in [5.74, 6) is 0.740. The van der Waals surface area contributed by atoms with Crippen molar-refractivity contribution in [2.24, 2.45) is 0 Å². The van der Waals surface area contributed by atoms with E-state index in [1.165, 1.54) is 28.7 Å². The SMILES string of the molecule is Cc1ccc(-c2nc(SCC(=O)Nc3nnc(C)s3)n[nH]2)cc1. The van der Waals surface area contributed by atoms with E-state index in [1.54, 1.807) is 0 Å². The minimum absolute atomic E-state index is 0.159. The molecule has 0 radical (unpaired) electrons. The predicted octanol–water partition coefficient (Wildman–Crippen LogP) is 2.67. The molecule has 0 fully saturated rings. The van der Waals surface area contributed by atoms with E-state index in [0.717, 1.165) is 10.6 Å². The minimum atomic E-state index is -0.159. The van der Waals surface area contributed by atoms with E-state index in [2.05, 4.69) is 30.7 Å². The first-order valence-electron chi connectivity index (χ1n) is 6.82. The molecule has 0 atom stereocenters. The van der Waals surface area contributed by atoms with Crippen LogP contribution in [0.2, 0.25) is 0 Å². The van der Waals surface area contributed by atoms with Crippen LogP contribution in [-0.4, -0.2) is 37.0 Å². The van der Waals surface area contributed by atoms with Gasteiger partial charge in [-0.3, -0.25) is 15.2 Å². The number of carbonyl (C=O) groups is 1. The van der Waals surface area contributed by atoms with Crippen molar-refractivity contribution in [1.82, 2.24) is 25.4 Å². The van der Waals surface area contributed by atoms with Gasteiger partial charge in [-0.2, -0.15) is 0 Å². The second kappa shape index (κ2) is 6.88. The molecule has 2 N–H and O–H groups in total. The standard InChI is InChI=1S/C14H14N6OS2/c1-8-3-5-10(6-4-8)12-16-13(19-18-12)22-7-11(21)15-14-20-17-9(2)23-14/h3-6H,7H2,1-2H3,(H,15,20,21)(H,16,18,19). The highest BCUT2D eigenvalue weighted by atomic mass is 32.2. The molecule has 2 heterocycles. The van der Waals surface area contributed by atoms with Gasteiger partial charge < -0.3 is 0 Å². The number of benzene rings is 1. The molecule has 0 aliphatic carbocycles. The molecule has 0 saturated heterocycles. The van der Waals surface area contributed by atoms with Crippen molar-refractivity contribution in [1.29, 1.82) is 0 Å². The van der Waals surface area contributed by atoms with Gasteiger partial charge >= 0.3 is 0 Å². The van der Waals surface area contributed by atoms with Crippen LogP contribution >= 0.6 is 23.1 Å². The Morgan fingerprint density at radius 2 is 2.04 bits per heavy atom. The fourth-order valence-corrected chi connectivity index (χ4v) is 2.99. The number of aryl methyl sites for hydroxylation is 2. The van der Waals surface area contributed by atoms with Crippen LogP contribution < -0.4 is 5.32 Å². The lowest BCUT2D eigenvalue weighted by Crippen LogP contribution is -2.13. The molecule has 1 amide bonds. The smallest absolute Gasteiger partial charge is 0.236 e. The van der Waals surface area contributed by atoms with Crippen molar-refractivity contribution in [3.05, 3.63) is 34.8 Å². The minimum Gasteiger partial charge on any atom is -0.300 e. The molecule has 0 aliphatic rings. The van der Waals surface area contributed by atoms with Crippen molar-refractivity contribution < 1.29 is 4.79 Å². The molecule has 9 heteroatoms. The summed E-state index contributed by atoms with van der Waals surface area (Å²) in [6.45, 7) is 3.87. The van der Waals surface area contributed by atoms with Crippen LogP contribution in [-0.2, 0) is 4.79 Å². The molecule has 0 aliphatic heterocycles. The number of hydrogen-bond acceptors (Lipinski definition) is 7. The molecule has 118 valence electrons. The molecule has 0 bridgehead atoms. The first-order valence-corrected chi connectivity index (χ1v) is 8.62. The number of nitrogens with one attached hydrogen (secondary N) is 2. The molecule has 7 nitrogen and oxygen atoms in total. The predicted molar refractivity (Wildman–Crippen MR) is 90.6 cm³/mol. The van der Waals surface area contributed by atoms with Gasteiger partial charge in [0.15, 0.2) is 5.82 Å². The summed E-state index contributed by atoms with van der Waals surface area (Å²) in [6, 6.07) is 7.99. The first kappa shape index (κ1) is 15.6. The second-order valence-electron chi connectivity index (χ2n) is 4.80. The van der Waals surface area contributed by atoms with Gasteiger partial charge in [-0.15, -0.1) is 15.3 Å². The average Bonchev–Trinajstić information content (AvgIpc) is 3.15. The number of nitrogens with zero attached hydrogens (tertiary/aromatic N) is 4. The highest BCUT2D eigenvalue weighted by Crippen LogP contribution is 2.20. The van der Waals surface area contributed by atoms with E-state index in [4.69, 9.17) is 0 Å². The monoisotopic (exact) mass is 346 g/mol. The Balaban J connectivity index is 1.56. The molecular weight excluding hydrogens is 332 g/mol. The number of hydrogen-bond donors (Lipinski definition) is 2. The largest absolute Gasteiger partial charge is 0.300 e. The summed E-state index contributed by atoms with van der Waals surface area (Å²) in [7, 11) is 0. The molecule has 0 unspecified atom stereocenters. The van der Waals surface area contributed by atoms with Gasteiger partial charge in [0.1, 0.15) is 5.01 Å². The van der Waals surface area contributed by atoms with E-state index in [-0.39, 0.29) is 11.7 Å². The average molecular weight is 346 g/mol. The summed E-state index contributed by atoms with van der Waals surface area (Å²) in [4.78, 5) is 16.2. The van der Waals surface area contributed by atoms with Crippen LogP contribution in [0.3, 0.4) is 0 Å². The highest BCUT2D eigenvalue weighted by Gasteiger charge is 2.10. The fraction of sp³-hybridized carbons (Fsp3) is 0.214. The van der Waals surface area contributed by atoms with Crippen molar-refractivity contribution >= 4 is 34.1 Å². The Morgan fingerprint density at radius 3 is 2.74 bits per heavy atom. The van der Waals surface area contributed by atoms with Gasteiger partial charge in [0.05, 0.1) is 5.75 Å². The maximum atomic E-state index is 11.9. The third kappa shape index (κ3) is 4.14. The van der Waals surface area contributed by atoms with Crippen LogP contribution in [0.25, 0.3) is 11.4 Å². The van der Waals surface area contributed by atoms with Gasteiger partial charge in [-0.05, 0) is 13.8 Å². The van der Waals surface area contributed by atoms with Gasteiger partial charge in [-0.25, -0.2) is 4.98 Å². The zero-order valence-corrected chi connectivity index (χ0v) is 14.2. The number of amides is 1. The molecule has 3 aromatic rings. The van der Waals surface area contributed by atoms with E-state index < -0.39 is 0 Å². The number of rotatable bonds is 5. The lowest BCUT2D eigenvalue weighted by Gasteiger charge is -1.98. The van der Waals surface area contributed by atoms with E-state index in [1.807, 2.05) is 38.1 Å². The summed E-state index contributed by atoms with van der Waals surface area (Å²) in [6.07, 6.45) is 0. The number of aromatic nitrogens is 5. The first-order chi connectivity index (χ1) is 11.1. The Hall–Kier alpha value is -2.26. The normalized spacial score (nSPS) is 10.7. The molecule has 23 heavy (non-hydrogen) atoms. The van der Waals surface area contributed by atoms with Crippen LogP contribution in [0.5, 0.6) is 0 Å². The van der Waals surface area contributed by atoms with Crippen molar-refractivity contribution in [3.63, 3.8) is 0 Å². The van der Waals surface area contributed by atoms with Gasteiger partial charge in [0.25, 0.3) is 0 Å². The Morgan fingerprint density at radius 1 is 1.26 bits per heavy atom. The maximum Gasteiger partial charge on any atom is 0.236 e. The summed E-state index contributed by atoms with van der Waals surface area (Å²) in [5.41, 5.74) is 2.15. The third-order valence-corrected chi connectivity index (χ3v) is 4.50. The lowest BCUT2D eigenvalue weighted by molar-refractivity contribution is -0.113. The van der Waals surface area contributed by atoms with Crippen molar-refractivity contribution in [2.75, 3.05) is 11.1 Å². The van der Waals surface area contributed by atoms with Crippen LogP contribution in [0, 0.1) is 13.8 Å². The zero-order chi connectivity index (χ0) is 16.2. The molecule has 2 aromatic heterocycles. The van der Waals surface area contributed by atoms with Crippen LogP contribution in [0.15, 0.2) is 29.4 Å². The number of aromatic amines is 1. The molecular formula is C14H14N6OS2. The molecule has 0 saturated carbocycles. The number of thioether (sulfide) groups is 1. The lowest BCUT2D eigenvalue weighted by atomic mass is 10.1. The maximum absolute atomic E-state index is 11.9. The summed E-state index contributed by atoms with van der Waals surface area (Å²) >= 11 is 2.60. The summed E-state index contributed by atoms with van der Waals surface area (Å²) in [5, 5.41) is 19.2. The topological polar surface area (TPSA) is 96.5 Å². The van der Waals surface area contributed by atoms with Crippen molar-refractivity contribution in [3.8, 4) is 11.4 Å². The van der Waals surface area contributed by atoms with Crippen LogP contribution in [0.1, 0.15) is 10.6 Å². The quantitative estimate of drug-likeness (QED) is 0.690. The van der Waals surface area contributed by atoms with Crippen LogP contribution in [0.4, 0.5) is 5.13 Å². The third-order valence-electron chi connectivity index (χ3n) is 2.89. The number of H-pyrrole nitrogens is 1. The summed E-state index contributed by atoms with van der Waals surface area (Å²) < 4.78 is 0. The number of carbonyl (C=O) groups excluding carboxylic acids is 1. The Bertz CT molecular complexity index is 811. The fourth-order valence-electron chi connectivity index (χ4n) is 1.78. The molecule has 1 aromatic carbocycles. The van der Waals surface area contributed by atoms with E-state index >= 15 is 0 Å². The van der Waals surface area contributed by atoms with Gasteiger partial charge in [-0.1, -0.05) is 52.9 Å². The highest BCUT2D eigenvalue weighted by molar-refractivity contribution is 7.99. The number of anilines is 1. The molecule has 3 rings (SSSR count). The van der Waals surface area contributed by atoms with E-state index in [0.29, 0.717) is 16.1 Å². The zero-order valence-electron chi connectivity index (χ0n) is 12.5. The van der Waals surface area contributed by atoms with Gasteiger partial charge in [0, 0.05) is 5.56 Å². The molecule has 0 spiro atoms. The second-order valence-corrected chi connectivity index (χ2v) is 6.92. The Labute approximate surface area is 141 Å². The van der Waals surface area contributed by atoms with Crippen molar-refractivity contribution in [2.45, 2.75) is 19.0 Å².